The van der Waals surface area contributed by atoms with Crippen molar-refractivity contribution >= 4 is 41.2 Å². The maximum Gasteiger partial charge on any atom is 0.394 e. The van der Waals surface area contributed by atoms with Crippen LogP contribution < -0.4 is 11.1 Å². The van der Waals surface area contributed by atoms with Crippen molar-refractivity contribution in [1.82, 2.24) is 5.32 Å². The molecule has 0 bridgehead atoms. The molecule has 0 saturated heterocycles. The van der Waals surface area contributed by atoms with Crippen molar-refractivity contribution in [2.24, 2.45) is 5.73 Å². The molecule has 0 aliphatic rings. The van der Waals surface area contributed by atoms with Gasteiger partial charge < -0.3 is 11.1 Å². The highest BCUT2D eigenvalue weighted by molar-refractivity contribution is 7.80. The van der Waals surface area contributed by atoms with Crippen LogP contribution in [0.2, 0.25) is 0 Å². The van der Waals surface area contributed by atoms with Crippen molar-refractivity contribution in [3.63, 3.8) is 0 Å². The summed E-state index contributed by atoms with van der Waals surface area (Å²) in [5.41, 5.74) is 4.91. The largest absolute Gasteiger partial charge is 0.394 e. The highest BCUT2D eigenvalue weighted by atomic mass is 32.3. The van der Waals surface area contributed by atoms with E-state index in [4.69, 9.17) is 23.3 Å². The highest BCUT2D eigenvalue weighted by Crippen LogP contribution is 1.59. The lowest BCUT2D eigenvalue weighted by atomic mass is 11.1. The van der Waals surface area contributed by atoms with Crippen LogP contribution in [0.25, 0.3) is 0 Å². The van der Waals surface area contributed by atoms with Gasteiger partial charge in [0, 0.05) is 7.05 Å². The second kappa shape index (κ2) is 8.01. The summed E-state index contributed by atoms with van der Waals surface area (Å²) in [7, 11) is -2.98. The van der Waals surface area contributed by atoms with Crippen LogP contribution in [0.15, 0.2) is 0 Å². The summed E-state index contributed by atoms with van der Waals surface area (Å²) in [6.07, 6.45) is 0. The Morgan fingerprint density at radius 3 is 1.64 bits per heavy atom. The average Bonchev–Trinajstić information content (AvgIpc) is 1.61. The molecule has 0 heterocycles. The van der Waals surface area contributed by atoms with E-state index in [2.05, 4.69) is 17.5 Å². The lowest BCUT2D eigenvalue weighted by Crippen LogP contribution is -2.24. The quantitative estimate of drug-likeness (QED) is 0.304. The maximum absolute atomic E-state index is 8.74. The van der Waals surface area contributed by atoms with Crippen LogP contribution in [0.4, 0.5) is 0 Å². The number of nitrogens with two attached hydrogens (primary N) is 1. The molecule has 70 valence electrons. The molecule has 0 aromatic heterocycles. The summed E-state index contributed by atoms with van der Waals surface area (Å²) < 4.78 is 31.6. The molecule has 0 fully saturated rings. The number of nitrogens with one attached hydrogen (secondary N) is 1. The van der Waals surface area contributed by atoms with E-state index in [-0.39, 0.29) is 13.5 Å². The molecule has 0 aliphatic heterocycles. The van der Waals surface area contributed by atoms with E-state index in [0.717, 1.165) is 0 Å². The first-order chi connectivity index (χ1) is 4.27. The molecule has 0 aliphatic carbocycles. The monoisotopic (exact) mass is 222 g/mol. The molecule has 0 radical (unpaired) electrons. The van der Waals surface area contributed by atoms with Gasteiger partial charge in [0.05, 0.1) is 0 Å². The van der Waals surface area contributed by atoms with Crippen molar-refractivity contribution in [2.75, 3.05) is 7.05 Å². The van der Waals surface area contributed by atoms with E-state index >= 15 is 0 Å². The smallest absolute Gasteiger partial charge is 0.376 e. The van der Waals surface area contributed by atoms with Crippen LogP contribution in [0.1, 0.15) is 0 Å². The minimum Gasteiger partial charge on any atom is -0.376 e. The first-order valence-corrected chi connectivity index (χ1v) is 3.75. The fourth-order valence-electron chi connectivity index (χ4n) is 0. The van der Waals surface area contributed by atoms with Crippen molar-refractivity contribution in [1.29, 1.82) is 0 Å². The maximum atomic E-state index is 8.74. The van der Waals surface area contributed by atoms with Gasteiger partial charge in [-0.2, -0.15) is 21.9 Å². The molecule has 0 rings (SSSR count). The Morgan fingerprint density at radius 2 is 1.64 bits per heavy atom. The van der Waals surface area contributed by atoms with Crippen LogP contribution in [0, 0.1) is 0 Å². The summed E-state index contributed by atoms with van der Waals surface area (Å²) in [6, 6.07) is 0. The molecule has 0 aromatic carbocycles. The van der Waals surface area contributed by atoms with Gasteiger partial charge in [0.25, 0.3) is 0 Å². The molecule has 11 heavy (non-hydrogen) atoms. The van der Waals surface area contributed by atoms with Crippen LogP contribution in [-0.4, -0.2) is 29.7 Å². The Morgan fingerprint density at radius 1 is 1.55 bits per heavy atom. The second-order valence-electron chi connectivity index (χ2n) is 1.06. The van der Waals surface area contributed by atoms with Crippen LogP contribution >= 0.6 is 25.7 Å². The lowest BCUT2D eigenvalue weighted by molar-refractivity contribution is 0.381. The lowest BCUT2D eigenvalue weighted by Gasteiger charge is -1.85. The van der Waals surface area contributed by atoms with Crippen LogP contribution in [0.5, 0.6) is 0 Å². The second-order valence-corrected chi connectivity index (χ2v) is 2.40. The molecule has 5 N–H and O–H groups in total. The van der Waals surface area contributed by atoms with E-state index in [1.807, 2.05) is 0 Å². The zero-order valence-corrected chi connectivity index (χ0v) is 8.24. The third kappa shape index (κ3) is 170. The molecule has 0 amide bonds. The Hall–Kier alpha value is -0.0900. The van der Waals surface area contributed by atoms with Gasteiger partial charge >= 0.3 is 10.4 Å². The topological polar surface area (TPSA) is 113 Å². The van der Waals surface area contributed by atoms with E-state index < -0.39 is 10.4 Å². The summed E-state index contributed by atoms with van der Waals surface area (Å²) in [5.74, 6) is 0. The van der Waals surface area contributed by atoms with Gasteiger partial charge in [-0.15, -0.1) is 0 Å². The summed E-state index contributed by atoms with van der Waals surface area (Å²) in [5, 5.41) is 2.88. The number of hydrogen-bond donors (Lipinski definition) is 4. The Kier molecular flexibility index (Phi) is 12.5. The summed E-state index contributed by atoms with van der Waals surface area (Å²) >= 11 is 4.36. The molecule has 6 nitrogen and oxygen atoms in total. The molecule has 0 unspecified atom stereocenters. The summed E-state index contributed by atoms with van der Waals surface area (Å²) in [6.45, 7) is 0. The number of rotatable bonds is 0. The minimum atomic E-state index is -4.67. The molecule has 9 heteroatoms. The van der Waals surface area contributed by atoms with E-state index in [1.54, 1.807) is 7.05 Å². The fraction of sp³-hybridized carbons (Fsp3) is 0.500. The number of thiocarbonyl (C=S) groups is 1. The molecule has 0 saturated carbocycles. The number of hydrogen-bond acceptors (Lipinski definition) is 3. The van der Waals surface area contributed by atoms with Crippen molar-refractivity contribution in [3.05, 3.63) is 0 Å². The fourth-order valence-corrected chi connectivity index (χ4v) is 0. The molecular weight excluding hydrogens is 212 g/mol. The average molecular weight is 222 g/mol. The van der Waals surface area contributed by atoms with E-state index in [1.165, 1.54) is 0 Å². The Bertz CT molecular complexity index is 180. The first kappa shape index (κ1) is 17.1. The molecule has 0 spiro atoms. The normalized spacial score (nSPS) is 8.27. The minimum absolute atomic E-state index is 0. The predicted octanol–water partition coefficient (Wildman–Crippen LogP) is -1.09. The molecule has 0 aromatic rings. The standard InChI is InChI=1S/C2H6N2S.H2O4S.H2S/c1-4-2(3)5;1-5(2,3)4;/h1H3,(H3,3,4,5);(H2,1,2,3,4);1H2. The third-order valence-electron chi connectivity index (χ3n) is 0.246. The van der Waals surface area contributed by atoms with Crippen LogP contribution in [-0.2, 0) is 10.4 Å². The zero-order chi connectivity index (χ0) is 8.78. The molecular formula is C2H10N2O4S3. The van der Waals surface area contributed by atoms with Gasteiger partial charge in [-0.25, -0.2) is 0 Å². The van der Waals surface area contributed by atoms with E-state index in [0.29, 0.717) is 5.11 Å². The Balaban J connectivity index is -0.000000107. The SMILES string of the molecule is CNC(N)=S.O=S(=O)(O)O.S. The van der Waals surface area contributed by atoms with Gasteiger partial charge in [0.1, 0.15) is 0 Å². The Labute approximate surface area is 77.2 Å². The van der Waals surface area contributed by atoms with Crippen molar-refractivity contribution in [2.45, 2.75) is 0 Å². The van der Waals surface area contributed by atoms with Gasteiger partial charge in [-0.05, 0) is 12.2 Å². The van der Waals surface area contributed by atoms with Crippen molar-refractivity contribution < 1.29 is 17.5 Å². The van der Waals surface area contributed by atoms with Gasteiger partial charge in [0.2, 0.25) is 0 Å². The van der Waals surface area contributed by atoms with Gasteiger partial charge in [-0.1, -0.05) is 0 Å². The summed E-state index contributed by atoms with van der Waals surface area (Å²) in [4.78, 5) is 0. The van der Waals surface area contributed by atoms with Gasteiger partial charge in [-0.3, -0.25) is 9.11 Å². The molecule has 0 atom stereocenters. The van der Waals surface area contributed by atoms with Gasteiger partial charge in [0.15, 0.2) is 5.11 Å². The zero-order valence-electron chi connectivity index (χ0n) is 5.60. The highest BCUT2D eigenvalue weighted by Gasteiger charge is 1.84. The van der Waals surface area contributed by atoms with E-state index in [9.17, 15) is 0 Å². The van der Waals surface area contributed by atoms with Crippen molar-refractivity contribution in [3.8, 4) is 0 Å². The first-order valence-electron chi connectivity index (χ1n) is 1.94. The van der Waals surface area contributed by atoms with Crippen LogP contribution in [0.3, 0.4) is 0 Å². The third-order valence-corrected chi connectivity index (χ3v) is 0.451. The predicted molar refractivity (Wildman–Crippen MR) is 50.4 cm³/mol.